The molecule has 0 atom stereocenters. The van der Waals surface area contributed by atoms with Crippen LogP contribution in [-0.4, -0.2) is 34.0 Å². The van der Waals surface area contributed by atoms with E-state index in [1.165, 1.54) is 19.1 Å². The number of hydrogen-bond acceptors (Lipinski definition) is 6. The second-order valence-electron chi connectivity index (χ2n) is 5.50. The number of nitrogens with zero attached hydrogens (tertiary/aromatic N) is 2. The maximum absolute atomic E-state index is 12.4. The molecular weight excluding hydrogens is 373 g/mol. The van der Waals surface area contributed by atoms with E-state index in [0.29, 0.717) is 5.06 Å². The average molecular weight is 384 g/mol. The molecular formula is C16H11F3N2O4S. The van der Waals surface area contributed by atoms with E-state index in [9.17, 15) is 27.6 Å². The lowest BCUT2D eigenvalue weighted by Gasteiger charge is -2.12. The second kappa shape index (κ2) is 6.52. The van der Waals surface area contributed by atoms with Gasteiger partial charge in [-0.25, -0.2) is 9.78 Å². The van der Waals surface area contributed by atoms with Crippen molar-refractivity contribution in [3.63, 3.8) is 0 Å². The maximum atomic E-state index is 12.4. The van der Waals surface area contributed by atoms with Crippen LogP contribution in [0, 0.1) is 6.92 Å². The summed E-state index contributed by atoms with van der Waals surface area (Å²) in [7, 11) is 0. The topological polar surface area (TPSA) is 76.6 Å². The van der Waals surface area contributed by atoms with Gasteiger partial charge in [-0.1, -0.05) is 17.2 Å². The van der Waals surface area contributed by atoms with Gasteiger partial charge in [0, 0.05) is 4.88 Å². The van der Waals surface area contributed by atoms with Crippen molar-refractivity contribution in [3.8, 4) is 0 Å². The van der Waals surface area contributed by atoms with Gasteiger partial charge < -0.3 is 4.84 Å². The average Bonchev–Trinajstić information content (AvgIpc) is 2.99. The number of hydroxylamine groups is 2. The Morgan fingerprint density at radius 1 is 1.19 bits per heavy atom. The fourth-order valence-electron chi connectivity index (χ4n) is 2.41. The van der Waals surface area contributed by atoms with E-state index in [0.717, 1.165) is 11.3 Å². The molecule has 26 heavy (non-hydrogen) atoms. The molecule has 0 aliphatic carbocycles. The lowest BCUT2D eigenvalue weighted by molar-refractivity contribution is -0.167. The molecule has 1 aliphatic heterocycles. The summed E-state index contributed by atoms with van der Waals surface area (Å²) in [5.74, 6) is -2.47. The SMILES string of the molecule is Cc1nc(CC(F)(F)F)sc1CC(=O)ON1C(=O)c2ccccc2C1=O. The van der Waals surface area contributed by atoms with Crippen molar-refractivity contribution in [3.05, 3.63) is 51.0 Å². The fourth-order valence-corrected chi connectivity index (χ4v) is 3.50. The summed E-state index contributed by atoms with van der Waals surface area (Å²) in [5, 5.41) is 0.193. The smallest absolute Gasteiger partial charge is 0.329 e. The van der Waals surface area contributed by atoms with Gasteiger partial charge in [0.1, 0.15) is 5.01 Å². The van der Waals surface area contributed by atoms with E-state index in [-0.39, 0.29) is 26.7 Å². The summed E-state index contributed by atoms with van der Waals surface area (Å²) < 4.78 is 37.3. The number of benzene rings is 1. The van der Waals surface area contributed by atoms with Gasteiger partial charge >= 0.3 is 12.1 Å². The van der Waals surface area contributed by atoms with Crippen LogP contribution >= 0.6 is 11.3 Å². The monoisotopic (exact) mass is 384 g/mol. The minimum atomic E-state index is -4.40. The van der Waals surface area contributed by atoms with Crippen molar-refractivity contribution < 1.29 is 32.4 Å². The molecule has 0 spiro atoms. The first kappa shape index (κ1) is 18.1. The van der Waals surface area contributed by atoms with Crippen molar-refractivity contribution in [2.24, 2.45) is 0 Å². The molecule has 0 radical (unpaired) electrons. The molecule has 2 heterocycles. The van der Waals surface area contributed by atoms with Gasteiger partial charge in [0.25, 0.3) is 11.8 Å². The molecule has 0 bridgehead atoms. The van der Waals surface area contributed by atoms with E-state index in [1.807, 2.05) is 0 Å². The van der Waals surface area contributed by atoms with Crippen LogP contribution in [0.1, 0.15) is 36.3 Å². The van der Waals surface area contributed by atoms with Crippen molar-refractivity contribution in [2.75, 3.05) is 0 Å². The van der Waals surface area contributed by atoms with Gasteiger partial charge in [0.05, 0.1) is 29.7 Å². The Kier molecular flexibility index (Phi) is 4.53. The Balaban J connectivity index is 1.69. The number of carbonyl (C=O) groups excluding carboxylic acids is 3. The van der Waals surface area contributed by atoms with Gasteiger partial charge in [0.15, 0.2) is 0 Å². The van der Waals surface area contributed by atoms with Crippen LogP contribution in [0.3, 0.4) is 0 Å². The van der Waals surface area contributed by atoms with Gasteiger partial charge in [0.2, 0.25) is 0 Å². The molecule has 1 aliphatic rings. The van der Waals surface area contributed by atoms with Crippen molar-refractivity contribution in [2.45, 2.75) is 25.9 Å². The molecule has 10 heteroatoms. The number of halogens is 3. The first-order valence-corrected chi connectivity index (χ1v) is 8.18. The van der Waals surface area contributed by atoms with Gasteiger partial charge in [-0.3, -0.25) is 9.59 Å². The first-order chi connectivity index (χ1) is 12.2. The van der Waals surface area contributed by atoms with E-state index >= 15 is 0 Å². The lowest BCUT2D eigenvalue weighted by atomic mass is 10.1. The van der Waals surface area contributed by atoms with Crippen molar-refractivity contribution in [1.82, 2.24) is 10.0 Å². The number of rotatable bonds is 4. The van der Waals surface area contributed by atoms with Crippen LogP contribution in [-0.2, 0) is 22.5 Å². The highest BCUT2D eigenvalue weighted by Gasteiger charge is 2.38. The number of amides is 2. The van der Waals surface area contributed by atoms with Crippen molar-refractivity contribution in [1.29, 1.82) is 0 Å². The maximum Gasteiger partial charge on any atom is 0.395 e. The van der Waals surface area contributed by atoms with Crippen LogP contribution in [0.25, 0.3) is 0 Å². The van der Waals surface area contributed by atoms with Gasteiger partial charge in [-0.2, -0.15) is 13.2 Å². The number of imide groups is 1. The minimum Gasteiger partial charge on any atom is -0.329 e. The molecule has 2 amide bonds. The van der Waals surface area contributed by atoms with Crippen molar-refractivity contribution >= 4 is 29.1 Å². The lowest BCUT2D eigenvalue weighted by Crippen LogP contribution is -2.33. The quantitative estimate of drug-likeness (QED) is 0.758. The third-order valence-corrected chi connectivity index (χ3v) is 4.70. The summed E-state index contributed by atoms with van der Waals surface area (Å²) in [5.41, 5.74) is 0.507. The molecule has 1 aromatic carbocycles. The third kappa shape index (κ3) is 3.59. The number of fused-ring (bicyclic) bond motifs is 1. The molecule has 0 saturated carbocycles. The standard InChI is InChI=1S/C16H11F3N2O4S/c1-8-11(26-12(20-8)7-16(17,18)19)6-13(22)25-21-14(23)9-4-2-3-5-10(9)15(21)24/h2-5H,6-7H2,1H3. The van der Waals surface area contributed by atoms with Gasteiger partial charge in [-0.05, 0) is 19.1 Å². The number of aromatic nitrogens is 1. The van der Waals surface area contributed by atoms with Crippen LogP contribution in [0.15, 0.2) is 24.3 Å². The Labute approximate surface area is 149 Å². The van der Waals surface area contributed by atoms with Crippen LogP contribution in [0.5, 0.6) is 0 Å². The summed E-state index contributed by atoms with van der Waals surface area (Å²) in [6.07, 6.45) is -5.98. The summed E-state index contributed by atoms with van der Waals surface area (Å²) >= 11 is 0.741. The number of thiazole rings is 1. The Bertz CT molecular complexity index is 872. The predicted molar refractivity (Wildman–Crippen MR) is 83.3 cm³/mol. The van der Waals surface area contributed by atoms with Crippen LogP contribution in [0.4, 0.5) is 13.2 Å². The largest absolute Gasteiger partial charge is 0.395 e. The second-order valence-corrected chi connectivity index (χ2v) is 6.67. The molecule has 136 valence electrons. The molecule has 0 N–H and O–H groups in total. The highest BCUT2D eigenvalue weighted by Crippen LogP contribution is 2.27. The number of aryl methyl sites for hydroxylation is 1. The minimum absolute atomic E-state index is 0.117. The molecule has 0 fully saturated rings. The molecule has 0 unspecified atom stereocenters. The van der Waals surface area contributed by atoms with E-state index in [2.05, 4.69) is 4.98 Å². The van der Waals surface area contributed by atoms with Gasteiger partial charge in [-0.15, -0.1) is 11.3 Å². The summed E-state index contributed by atoms with van der Waals surface area (Å²) in [6.45, 7) is 1.47. The number of alkyl halides is 3. The summed E-state index contributed by atoms with van der Waals surface area (Å²) in [6, 6.07) is 6.00. The number of carbonyl (C=O) groups is 3. The fraction of sp³-hybridized carbons (Fsp3) is 0.250. The van der Waals surface area contributed by atoms with E-state index < -0.39 is 36.8 Å². The molecule has 1 aromatic heterocycles. The zero-order valence-electron chi connectivity index (χ0n) is 13.3. The highest BCUT2D eigenvalue weighted by atomic mass is 32.1. The first-order valence-electron chi connectivity index (χ1n) is 7.36. The van der Waals surface area contributed by atoms with Crippen LogP contribution < -0.4 is 0 Å². The Morgan fingerprint density at radius 2 is 1.77 bits per heavy atom. The van der Waals surface area contributed by atoms with E-state index in [4.69, 9.17) is 4.84 Å². The normalized spacial score (nSPS) is 13.9. The van der Waals surface area contributed by atoms with Crippen LogP contribution in [0.2, 0.25) is 0 Å². The molecule has 3 rings (SSSR count). The predicted octanol–water partition coefficient (Wildman–Crippen LogP) is 2.85. The Hall–Kier alpha value is -2.75. The summed E-state index contributed by atoms with van der Waals surface area (Å²) in [4.78, 5) is 45.2. The zero-order valence-corrected chi connectivity index (χ0v) is 14.1. The number of hydrogen-bond donors (Lipinski definition) is 0. The third-order valence-electron chi connectivity index (χ3n) is 3.54. The van der Waals surface area contributed by atoms with E-state index in [1.54, 1.807) is 12.1 Å². The highest BCUT2D eigenvalue weighted by molar-refractivity contribution is 7.11. The molecule has 2 aromatic rings. The Morgan fingerprint density at radius 3 is 2.31 bits per heavy atom. The molecule has 6 nitrogen and oxygen atoms in total. The zero-order chi connectivity index (χ0) is 19.1. The molecule has 0 saturated heterocycles.